The Balaban J connectivity index is 2.85. The topological polar surface area (TPSA) is 12.0 Å². The molecule has 1 aromatic heterocycles. The molecule has 0 aromatic carbocycles. The van der Waals surface area contributed by atoms with Gasteiger partial charge in [-0.3, -0.25) is 0 Å². The van der Waals surface area contributed by atoms with Crippen LogP contribution in [0.25, 0.3) is 0 Å². The van der Waals surface area contributed by atoms with Gasteiger partial charge in [0.2, 0.25) is 0 Å². The fraction of sp³-hybridized carbons (Fsp3) is 0.556. The Hall–Kier alpha value is 0.140. The maximum Gasteiger partial charge on any atom is 0.0320 e. The molecule has 1 nitrogen and oxygen atoms in total. The van der Waals surface area contributed by atoms with E-state index in [0.717, 1.165) is 6.54 Å². The molecule has 0 unspecified atom stereocenters. The minimum absolute atomic E-state index is 0.620. The molecule has 0 amide bonds. The van der Waals surface area contributed by atoms with Gasteiger partial charge in [-0.25, -0.2) is 0 Å². The molecule has 0 radical (unpaired) electrons. The van der Waals surface area contributed by atoms with E-state index in [1.807, 2.05) is 18.4 Å². The molecular formula is C9H14BrNS. The van der Waals surface area contributed by atoms with E-state index in [9.17, 15) is 0 Å². The van der Waals surface area contributed by atoms with Gasteiger partial charge in [-0.1, -0.05) is 13.8 Å². The summed E-state index contributed by atoms with van der Waals surface area (Å²) in [5, 5.41) is 3.15. The van der Waals surface area contributed by atoms with E-state index >= 15 is 0 Å². The number of halogens is 1. The number of thiophene rings is 1. The Labute approximate surface area is 86.3 Å². The van der Waals surface area contributed by atoms with Crippen molar-refractivity contribution >= 4 is 27.3 Å². The lowest BCUT2D eigenvalue weighted by Crippen LogP contribution is -2.02. The molecule has 0 saturated carbocycles. The molecule has 0 atom stereocenters. The third-order valence-corrected chi connectivity index (χ3v) is 3.99. The first kappa shape index (κ1) is 10.2. The van der Waals surface area contributed by atoms with E-state index in [2.05, 4.69) is 41.2 Å². The molecule has 0 aliphatic heterocycles. The molecule has 3 heteroatoms. The summed E-state index contributed by atoms with van der Waals surface area (Å²) in [7, 11) is 1.97. The molecule has 0 fully saturated rings. The lowest BCUT2D eigenvalue weighted by atomic mass is 10.2. The summed E-state index contributed by atoms with van der Waals surface area (Å²) in [5.41, 5.74) is 0. The second kappa shape index (κ2) is 4.40. The van der Waals surface area contributed by atoms with Crippen molar-refractivity contribution in [2.45, 2.75) is 26.3 Å². The van der Waals surface area contributed by atoms with Crippen molar-refractivity contribution < 1.29 is 0 Å². The van der Waals surface area contributed by atoms with Gasteiger partial charge in [0, 0.05) is 20.8 Å². The Morgan fingerprint density at radius 3 is 2.67 bits per heavy atom. The Morgan fingerprint density at radius 1 is 1.58 bits per heavy atom. The molecule has 1 aromatic rings. The van der Waals surface area contributed by atoms with Gasteiger partial charge in [0.1, 0.15) is 0 Å². The Morgan fingerprint density at radius 2 is 2.25 bits per heavy atom. The Bertz CT molecular complexity index is 255. The van der Waals surface area contributed by atoms with Gasteiger partial charge in [-0.15, -0.1) is 11.3 Å². The molecule has 1 rings (SSSR count). The van der Waals surface area contributed by atoms with Crippen molar-refractivity contribution in [3.63, 3.8) is 0 Å². The van der Waals surface area contributed by atoms with Crippen molar-refractivity contribution in [2.75, 3.05) is 7.05 Å². The number of hydrogen-bond donors (Lipinski definition) is 1. The summed E-state index contributed by atoms with van der Waals surface area (Å²) < 4.78 is 1.26. The van der Waals surface area contributed by atoms with E-state index < -0.39 is 0 Å². The molecule has 0 spiro atoms. The average Bonchev–Trinajstić information content (AvgIpc) is 2.32. The van der Waals surface area contributed by atoms with E-state index in [1.165, 1.54) is 14.2 Å². The van der Waals surface area contributed by atoms with Crippen LogP contribution in [0.1, 0.15) is 29.5 Å². The lowest BCUT2D eigenvalue weighted by Gasteiger charge is -2.00. The van der Waals surface area contributed by atoms with Gasteiger partial charge in [-0.05, 0) is 35.0 Å². The van der Waals surface area contributed by atoms with Gasteiger partial charge in [0.15, 0.2) is 0 Å². The smallest absolute Gasteiger partial charge is 0.0320 e. The van der Waals surface area contributed by atoms with E-state index in [0.29, 0.717) is 5.92 Å². The maximum absolute atomic E-state index is 3.57. The molecule has 12 heavy (non-hydrogen) atoms. The molecule has 0 bridgehead atoms. The summed E-state index contributed by atoms with van der Waals surface area (Å²) in [6, 6.07) is 2.20. The maximum atomic E-state index is 3.57. The van der Waals surface area contributed by atoms with Crippen molar-refractivity contribution in [1.29, 1.82) is 0 Å². The second-order valence-electron chi connectivity index (χ2n) is 3.11. The zero-order valence-electron chi connectivity index (χ0n) is 7.65. The molecule has 0 aliphatic rings. The van der Waals surface area contributed by atoms with Crippen molar-refractivity contribution in [3.8, 4) is 0 Å². The molecule has 1 N–H and O–H groups in total. The van der Waals surface area contributed by atoms with Crippen LogP contribution in [0.5, 0.6) is 0 Å². The Kier molecular flexibility index (Phi) is 3.75. The quantitative estimate of drug-likeness (QED) is 0.864. The minimum atomic E-state index is 0.620. The van der Waals surface area contributed by atoms with Crippen LogP contribution in [0.4, 0.5) is 0 Å². The standard InChI is InChI=1S/C9H14BrNS/c1-6(2)9-8(10)4-7(12-9)5-11-3/h4,6,11H,5H2,1-3H3. The van der Waals surface area contributed by atoms with Crippen LogP contribution >= 0.6 is 27.3 Å². The van der Waals surface area contributed by atoms with Crippen LogP contribution in [0.3, 0.4) is 0 Å². The van der Waals surface area contributed by atoms with Crippen LogP contribution in [-0.4, -0.2) is 7.05 Å². The zero-order chi connectivity index (χ0) is 9.14. The van der Waals surface area contributed by atoms with Crippen molar-refractivity contribution in [3.05, 3.63) is 20.3 Å². The van der Waals surface area contributed by atoms with E-state index in [-0.39, 0.29) is 0 Å². The highest BCUT2D eigenvalue weighted by molar-refractivity contribution is 9.10. The summed E-state index contributed by atoms with van der Waals surface area (Å²) >= 11 is 5.45. The van der Waals surface area contributed by atoms with Crippen LogP contribution in [0.2, 0.25) is 0 Å². The predicted octanol–water partition coefficient (Wildman–Crippen LogP) is 3.35. The number of nitrogens with one attached hydrogen (secondary N) is 1. The second-order valence-corrected chi connectivity index (χ2v) is 5.13. The van der Waals surface area contributed by atoms with Crippen molar-refractivity contribution in [1.82, 2.24) is 5.32 Å². The van der Waals surface area contributed by atoms with Crippen LogP contribution in [0.15, 0.2) is 10.5 Å². The molecule has 68 valence electrons. The van der Waals surface area contributed by atoms with E-state index in [1.54, 1.807) is 0 Å². The summed E-state index contributed by atoms with van der Waals surface area (Å²) in [6.07, 6.45) is 0. The van der Waals surface area contributed by atoms with Gasteiger partial charge in [0.05, 0.1) is 0 Å². The normalized spacial score (nSPS) is 11.1. The first-order valence-electron chi connectivity index (χ1n) is 4.08. The zero-order valence-corrected chi connectivity index (χ0v) is 10.1. The molecule has 1 heterocycles. The minimum Gasteiger partial charge on any atom is -0.315 e. The largest absolute Gasteiger partial charge is 0.315 e. The summed E-state index contributed by atoms with van der Waals surface area (Å²) in [6.45, 7) is 5.41. The van der Waals surface area contributed by atoms with E-state index in [4.69, 9.17) is 0 Å². The number of rotatable bonds is 3. The molecule has 0 saturated heterocycles. The van der Waals surface area contributed by atoms with Gasteiger partial charge in [-0.2, -0.15) is 0 Å². The fourth-order valence-corrected chi connectivity index (χ4v) is 3.28. The highest BCUT2D eigenvalue weighted by atomic mass is 79.9. The molecule has 0 aliphatic carbocycles. The number of hydrogen-bond acceptors (Lipinski definition) is 2. The average molecular weight is 248 g/mol. The third-order valence-electron chi connectivity index (χ3n) is 1.64. The van der Waals surface area contributed by atoms with Crippen LogP contribution in [-0.2, 0) is 6.54 Å². The summed E-state index contributed by atoms with van der Waals surface area (Å²) in [4.78, 5) is 2.84. The predicted molar refractivity (Wildman–Crippen MR) is 58.9 cm³/mol. The van der Waals surface area contributed by atoms with Crippen molar-refractivity contribution in [2.24, 2.45) is 0 Å². The fourth-order valence-electron chi connectivity index (χ4n) is 1.09. The van der Waals surface area contributed by atoms with Gasteiger partial charge >= 0.3 is 0 Å². The van der Waals surface area contributed by atoms with Crippen LogP contribution in [0, 0.1) is 0 Å². The SMILES string of the molecule is CNCc1cc(Br)c(C(C)C)s1. The third kappa shape index (κ3) is 2.31. The lowest BCUT2D eigenvalue weighted by molar-refractivity contribution is 0.831. The first-order chi connectivity index (χ1) is 5.65. The van der Waals surface area contributed by atoms with Gasteiger partial charge in [0.25, 0.3) is 0 Å². The monoisotopic (exact) mass is 247 g/mol. The highest BCUT2D eigenvalue weighted by Crippen LogP contribution is 2.33. The molecular weight excluding hydrogens is 234 g/mol. The first-order valence-corrected chi connectivity index (χ1v) is 5.68. The van der Waals surface area contributed by atoms with Crippen LogP contribution < -0.4 is 5.32 Å². The highest BCUT2D eigenvalue weighted by Gasteiger charge is 2.08. The van der Waals surface area contributed by atoms with Gasteiger partial charge < -0.3 is 5.32 Å². The summed E-state index contributed by atoms with van der Waals surface area (Å²) in [5.74, 6) is 0.620.